The molecule has 4 atom stereocenters. The Labute approximate surface area is 346 Å². The molecule has 1 heterocycles. The van der Waals surface area contributed by atoms with Gasteiger partial charge in [0.2, 0.25) is 0 Å². The van der Waals surface area contributed by atoms with Crippen LogP contribution in [-0.4, -0.2) is 68.8 Å². The lowest BCUT2D eigenvalue weighted by molar-refractivity contribution is -0.154. The molecule has 2 rings (SSSR count). The highest BCUT2D eigenvalue weighted by atomic mass is 32.2. The van der Waals surface area contributed by atoms with Crippen molar-refractivity contribution in [2.45, 2.75) is 129 Å². The smallest absolute Gasteiger partial charge is 0.328 e. The maximum atomic E-state index is 13.8. The number of hydrogen-bond donors (Lipinski definition) is 2. The molecule has 1 aromatic carbocycles. The number of thiocarbonyl (C=S) groups is 1. The maximum absolute atomic E-state index is 13.8. The number of thioether (sulfide) groups is 2. The Morgan fingerprint density at radius 1 is 0.786 bits per heavy atom. The van der Waals surface area contributed by atoms with E-state index in [1.807, 2.05) is 31.2 Å². The highest BCUT2D eigenvalue weighted by Gasteiger charge is 2.34. The number of aromatic nitrogens is 2. The van der Waals surface area contributed by atoms with Crippen LogP contribution < -0.4 is 11.2 Å². The number of carboxylic acid groups (broad SMARTS) is 1. The van der Waals surface area contributed by atoms with Gasteiger partial charge in [0.25, 0.3) is 5.56 Å². The van der Waals surface area contributed by atoms with Crippen molar-refractivity contribution in [1.82, 2.24) is 9.55 Å². The number of carbonyl (C=O) groups is 3. The van der Waals surface area contributed by atoms with Gasteiger partial charge in [-0.2, -0.15) is 0 Å². The summed E-state index contributed by atoms with van der Waals surface area (Å²) in [6.07, 6.45) is 15.9. The van der Waals surface area contributed by atoms with E-state index in [1.165, 1.54) is 94.0 Å². The third-order valence-electron chi connectivity index (χ3n) is 9.63. The molecule has 0 aliphatic heterocycles. The predicted octanol–water partition coefficient (Wildman–Crippen LogP) is 8.95. The van der Waals surface area contributed by atoms with Crippen molar-refractivity contribution >= 4 is 57.2 Å². The number of unbranched alkanes of at least 4 members (excludes halogenated alkanes) is 10. The Bertz CT molecular complexity index is 1560. The molecule has 0 radical (unpaired) electrons. The van der Waals surface area contributed by atoms with Crippen molar-refractivity contribution in [1.29, 1.82) is 0 Å². The molecular weight excluding hydrogens is 773 g/mol. The summed E-state index contributed by atoms with van der Waals surface area (Å²) in [6, 6.07) is 9.00. The van der Waals surface area contributed by atoms with Crippen molar-refractivity contribution in [3.05, 3.63) is 68.5 Å². The number of rotatable bonds is 30. The Hall–Kier alpha value is -2.94. The normalized spacial score (nSPS) is 13.4. The number of aromatic amines is 1. The quantitative estimate of drug-likeness (QED) is 0.0439. The number of nitrogens with one attached hydrogen (secondary N) is 1. The van der Waals surface area contributed by atoms with Crippen LogP contribution >= 0.6 is 35.7 Å². The second kappa shape index (κ2) is 29.3. The van der Waals surface area contributed by atoms with E-state index in [4.69, 9.17) is 26.4 Å². The zero-order valence-electron chi connectivity index (χ0n) is 33.8. The van der Waals surface area contributed by atoms with Crippen molar-refractivity contribution in [3.8, 4) is 0 Å². The van der Waals surface area contributed by atoms with E-state index in [2.05, 4.69) is 11.9 Å². The lowest BCUT2D eigenvalue weighted by Crippen LogP contribution is -2.30. The minimum absolute atomic E-state index is 0.00361. The van der Waals surface area contributed by atoms with Crippen LogP contribution in [0.25, 0.3) is 0 Å². The molecule has 314 valence electrons. The van der Waals surface area contributed by atoms with E-state index >= 15 is 0 Å². The van der Waals surface area contributed by atoms with E-state index in [0.29, 0.717) is 6.42 Å². The molecule has 2 N–H and O–H groups in total. The molecule has 2 aromatic rings. The van der Waals surface area contributed by atoms with Gasteiger partial charge in [-0.25, -0.2) is 4.79 Å². The number of carbonyl (C=O) groups excluding carboxylic acids is 2. The first-order valence-electron chi connectivity index (χ1n) is 20.3. The second-order valence-corrected chi connectivity index (χ2v) is 17.9. The minimum Gasteiger partial charge on any atom is -0.481 e. The van der Waals surface area contributed by atoms with Gasteiger partial charge in [0.1, 0.15) is 10.1 Å². The number of esters is 2. The van der Waals surface area contributed by atoms with Crippen LogP contribution in [0.3, 0.4) is 0 Å². The standard InChI is InChI=1S/C42H64N2O9S3/c1-5-7-9-10-11-12-13-14-15-16-26-55-42(54)56-36(33-19-17-32(18-20-33)30-44-22-21-37(45)43-41(44)50)29-35(40(49)52-23-8-6-2)28-34(27-31(3)38(46)47)39(48)53-25-24-51-4/h17-22,31,34-36H,5-16,23-30H2,1-4H3,(H,46,47)(H,43,45,50). The fourth-order valence-electron chi connectivity index (χ4n) is 6.24. The van der Waals surface area contributed by atoms with Gasteiger partial charge in [0, 0.05) is 24.6 Å². The molecule has 0 aliphatic carbocycles. The van der Waals surface area contributed by atoms with E-state index in [9.17, 15) is 29.1 Å². The molecule has 11 nitrogen and oxygen atoms in total. The number of methoxy groups -OCH3 is 1. The van der Waals surface area contributed by atoms with E-state index in [1.54, 1.807) is 11.8 Å². The molecule has 0 spiro atoms. The second-order valence-electron chi connectivity index (χ2n) is 14.4. The molecule has 56 heavy (non-hydrogen) atoms. The van der Waals surface area contributed by atoms with Crippen molar-refractivity contribution in [2.75, 3.05) is 32.7 Å². The number of hydrogen-bond acceptors (Lipinski definition) is 11. The van der Waals surface area contributed by atoms with Crippen LogP contribution in [0.4, 0.5) is 0 Å². The SMILES string of the molecule is CCCCCCCCCCCCSC(=S)SC(CC(CC(CC(C)C(=O)O)C(=O)OCCOC)C(=O)OCCCC)c1ccc(Cn2ccc(=O)[nH]c2=O)cc1. The molecule has 0 amide bonds. The Kier molecular flexibility index (Phi) is 25.7. The summed E-state index contributed by atoms with van der Waals surface area (Å²) in [5.41, 5.74) is 0.770. The molecule has 14 heteroatoms. The lowest BCUT2D eigenvalue weighted by atomic mass is 9.84. The predicted molar refractivity (Wildman–Crippen MR) is 230 cm³/mol. The monoisotopic (exact) mass is 836 g/mol. The zero-order valence-corrected chi connectivity index (χ0v) is 36.3. The highest BCUT2D eigenvalue weighted by molar-refractivity contribution is 8.47. The van der Waals surface area contributed by atoms with Crippen LogP contribution in [0.2, 0.25) is 0 Å². The van der Waals surface area contributed by atoms with Gasteiger partial charge in [0.15, 0.2) is 0 Å². The zero-order chi connectivity index (χ0) is 41.1. The maximum Gasteiger partial charge on any atom is 0.328 e. The van der Waals surface area contributed by atoms with Gasteiger partial charge in [-0.05, 0) is 49.0 Å². The molecule has 1 aromatic heterocycles. The Morgan fingerprint density at radius 3 is 1.96 bits per heavy atom. The number of carboxylic acids is 1. The summed E-state index contributed by atoms with van der Waals surface area (Å²) in [5.74, 6) is -3.61. The fraction of sp³-hybridized carbons (Fsp3) is 0.667. The largest absolute Gasteiger partial charge is 0.481 e. The molecule has 0 saturated heterocycles. The number of benzene rings is 1. The molecule has 0 saturated carbocycles. The average molecular weight is 837 g/mol. The van der Waals surface area contributed by atoms with Crippen LogP contribution in [0.5, 0.6) is 0 Å². The van der Waals surface area contributed by atoms with Crippen molar-refractivity contribution < 1.29 is 33.7 Å². The number of nitrogens with zero attached hydrogens (tertiary/aromatic N) is 1. The molecule has 0 bridgehead atoms. The van der Waals surface area contributed by atoms with Crippen LogP contribution in [0.1, 0.15) is 133 Å². The molecule has 0 aliphatic rings. The topological polar surface area (TPSA) is 154 Å². The van der Waals surface area contributed by atoms with E-state index in [-0.39, 0.29) is 50.9 Å². The van der Waals surface area contributed by atoms with Gasteiger partial charge < -0.3 is 19.3 Å². The van der Waals surface area contributed by atoms with Gasteiger partial charge in [-0.3, -0.25) is 28.7 Å². The first-order chi connectivity index (χ1) is 27.0. The Morgan fingerprint density at radius 2 is 1.38 bits per heavy atom. The van der Waals surface area contributed by atoms with Crippen molar-refractivity contribution in [2.24, 2.45) is 17.8 Å². The van der Waals surface area contributed by atoms with Gasteiger partial charge in [-0.15, -0.1) is 11.8 Å². The highest BCUT2D eigenvalue weighted by Crippen LogP contribution is 2.41. The third kappa shape index (κ3) is 20.5. The molecule has 0 fully saturated rings. The van der Waals surface area contributed by atoms with Crippen LogP contribution in [0, 0.1) is 17.8 Å². The Balaban J connectivity index is 2.30. The summed E-state index contributed by atoms with van der Waals surface area (Å²) in [6.45, 7) is 6.47. The first kappa shape index (κ1) is 49.2. The fourth-order valence-corrected chi connectivity index (χ4v) is 9.07. The molecule has 4 unspecified atom stereocenters. The average Bonchev–Trinajstić information content (AvgIpc) is 3.17. The number of H-pyrrole nitrogens is 1. The molecular formula is C42H64N2O9S3. The summed E-state index contributed by atoms with van der Waals surface area (Å²) < 4.78 is 18.4. The summed E-state index contributed by atoms with van der Waals surface area (Å²) >= 11 is 9.05. The summed E-state index contributed by atoms with van der Waals surface area (Å²) in [5, 5.41) is 9.42. The summed E-state index contributed by atoms with van der Waals surface area (Å²) in [7, 11) is 1.49. The van der Waals surface area contributed by atoms with Crippen LogP contribution in [-0.2, 0) is 35.1 Å². The lowest BCUT2D eigenvalue weighted by Gasteiger charge is -2.26. The van der Waals surface area contributed by atoms with E-state index < -0.39 is 46.9 Å². The van der Waals surface area contributed by atoms with E-state index in [0.717, 1.165) is 39.7 Å². The third-order valence-corrected chi connectivity index (χ3v) is 12.6. The van der Waals surface area contributed by atoms with Crippen LogP contribution in [0.15, 0.2) is 46.1 Å². The minimum atomic E-state index is -1.04. The van der Waals surface area contributed by atoms with Gasteiger partial charge in [-0.1, -0.05) is 133 Å². The summed E-state index contributed by atoms with van der Waals surface area (Å²) in [4.78, 5) is 65.2. The van der Waals surface area contributed by atoms with Crippen molar-refractivity contribution in [3.63, 3.8) is 0 Å². The van der Waals surface area contributed by atoms with Gasteiger partial charge in [0.05, 0.1) is 37.5 Å². The number of ether oxygens (including phenoxy) is 3. The first-order valence-corrected chi connectivity index (χ1v) is 22.5. The van der Waals surface area contributed by atoms with Gasteiger partial charge >= 0.3 is 23.6 Å². The number of aliphatic carboxylic acids is 1.